The van der Waals surface area contributed by atoms with E-state index in [1.54, 1.807) is 0 Å². The van der Waals surface area contributed by atoms with E-state index in [4.69, 9.17) is 4.74 Å². The number of para-hydroxylation sites is 1. The van der Waals surface area contributed by atoms with Crippen molar-refractivity contribution in [1.82, 2.24) is 4.90 Å². The second kappa shape index (κ2) is 8.55. The minimum atomic E-state index is -0.329. The summed E-state index contributed by atoms with van der Waals surface area (Å²) in [5.74, 6) is 0.405. The number of amides is 1. The summed E-state index contributed by atoms with van der Waals surface area (Å²) >= 11 is 0. The van der Waals surface area contributed by atoms with Crippen LogP contribution < -0.4 is 10.2 Å². The topological polar surface area (TPSA) is 61.9 Å². The second-order valence-corrected chi connectivity index (χ2v) is 7.82. The highest BCUT2D eigenvalue weighted by molar-refractivity contribution is 6.03. The molecule has 1 aliphatic carbocycles. The van der Waals surface area contributed by atoms with E-state index in [9.17, 15) is 9.59 Å². The first-order valence-electron chi connectivity index (χ1n) is 10.2. The average molecular weight is 393 g/mol. The van der Waals surface area contributed by atoms with E-state index < -0.39 is 0 Å². The highest BCUT2D eigenvalue weighted by atomic mass is 16.5. The molecular weight excluding hydrogens is 366 g/mol. The number of ether oxygens (including phenoxy) is 1. The number of anilines is 2. The number of benzene rings is 2. The van der Waals surface area contributed by atoms with Gasteiger partial charge >= 0.3 is 5.97 Å². The molecular formula is C23H27N3O3. The number of carbonyl (C=O) groups is 2. The van der Waals surface area contributed by atoms with Gasteiger partial charge in [-0.15, -0.1) is 0 Å². The smallest absolute Gasteiger partial charge is 0.325 e. The number of carbonyl (C=O) groups excluding carboxylic acids is 2. The summed E-state index contributed by atoms with van der Waals surface area (Å²) in [5.41, 5.74) is 3.28. The maximum absolute atomic E-state index is 13.1. The van der Waals surface area contributed by atoms with Crippen LogP contribution in [0.2, 0.25) is 0 Å². The summed E-state index contributed by atoms with van der Waals surface area (Å²) in [7, 11) is 1.99. The molecule has 1 amide bonds. The third-order valence-corrected chi connectivity index (χ3v) is 5.48. The molecule has 1 aliphatic heterocycles. The molecule has 29 heavy (non-hydrogen) atoms. The predicted octanol–water partition coefficient (Wildman–Crippen LogP) is 3.14. The average Bonchev–Trinajstić information content (AvgIpc) is 3.58. The lowest BCUT2D eigenvalue weighted by atomic mass is 10.1. The molecule has 6 heteroatoms. The molecule has 0 radical (unpaired) electrons. The van der Waals surface area contributed by atoms with Crippen LogP contribution in [0.4, 0.5) is 11.4 Å². The molecule has 0 aromatic heterocycles. The lowest BCUT2D eigenvalue weighted by Gasteiger charge is -2.22. The van der Waals surface area contributed by atoms with Crippen LogP contribution in [0, 0.1) is 5.92 Å². The van der Waals surface area contributed by atoms with Crippen LogP contribution in [0.1, 0.15) is 28.8 Å². The Morgan fingerprint density at radius 2 is 1.90 bits per heavy atom. The number of nitrogens with one attached hydrogen (secondary N) is 1. The van der Waals surface area contributed by atoms with Crippen molar-refractivity contribution in [3.8, 4) is 0 Å². The van der Waals surface area contributed by atoms with E-state index in [-0.39, 0.29) is 25.0 Å². The van der Waals surface area contributed by atoms with Crippen LogP contribution in [0.3, 0.4) is 0 Å². The zero-order chi connectivity index (χ0) is 20.2. The lowest BCUT2D eigenvalue weighted by molar-refractivity contribution is -0.142. The van der Waals surface area contributed by atoms with Crippen LogP contribution in [0.5, 0.6) is 0 Å². The van der Waals surface area contributed by atoms with Crippen molar-refractivity contribution >= 4 is 23.3 Å². The zero-order valence-corrected chi connectivity index (χ0v) is 16.8. The highest BCUT2D eigenvalue weighted by Crippen LogP contribution is 2.35. The van der Waals surface area contributed by atoms with E-state index in [1.165, 1.54) is 12.8 Å². The molecule has 152 valence electrons. The van der Waals surface area contributed by atoms with Gasteiger partial charge in [0.2, 0.25) is 0 Å². The summed E-state index contributed by atoms with van der Waals surface area (Å²) < 4.78 is 5.34. The standard InChI is InChI=1S/C23H27N3O3/c1-25-12-13-26(15-17-10-11-17)23(28)19-8-5-9-20(22(19)25)24-14-21(27)29-16-18-6-3-2-4-7-18/h2-9,17,24H,10-16H2,1H3. The van der Waals surface area contributed by atoms with Gasteiger partial charge in [-0.05, 0) is 36.5 Å². The first-order chi connectivity index (χ1) is 14.1. The molecule has 0 bridgehead atoms. The monoisotopic (exact) mass is 393 g/mol. The van der Waals surface area contributed by atoms with Gasteiger partial charge in [-0.1, -0.05) is 36.4 Å². The highest BCUT2D eigenvalue weighted by Gasteiger charge is 2.31. The van der Waals surface area contributed by atoms with Crippen molar-refractivity contribution in [2.45, 2.75) is 19.4 Å². The van der Waals surface area contributed by atoms with Gasteiger partial charge in [0.15, 0.2) is 0 Å². The third-order valence-electron chi connectivity index (χ3n) is 5.48. The van der Waals surface area contributed by atoms with Crippen molar-refractivity contribution in [1.29, 1.82) is 0 Å². The Hall–Kier alpha value is -3.02. The largest absolute Gasteiger partial charge is 0.460 e. The maximum atomic E-state index is 13.1. The van der Waals surface area contributed by atoms with Crippen molar-refractivity contribution < 1.29 is 14.3 Å². The quantitative estimate of drug-likeness (QED) is 0.733. The van der Waals surface area contributed by atoms with Crippen LogP contribution in [0.15, 0.2) is 48.5 Å². The van der Waals surface area contributed by atoms with E-state index in [2.05, 4.69) is 10.2 Å². The molecule has 0 atom stereocenters. The number of esters is 1. The van der Waals surface area contributed by atoms with E-state index >= 15 is 0 Å². The first kappa shape index (κ1) is 19.3. The van der Waals surface area contributed by atoms with Crippen molar-refractivity contribution in [2.24, 2.45) is 5.92 Å². The molecule has 0 saturated heterocycles. The number of likely N-dealkylation sites (N-methyl/N-ethyl adjacent to an activating group) is 1. The summed E-state index contributed by atoms with van der Waals surface area (Å²) in [5, 5.41) is 3.17. The van der Waals surface area contributed by atoms with Gasteiger partial charge in [0.1, 0.15) is 13.2 Å². The van der Waals surface area contributed by atoms with Crippen molar-refractivity contribution in [3.63, 3.8) is 0 Å². The summed E-state index contributed by atoms with van der Waals surface area (Å²) in [6.07, 6.45) is 2.44. The SMILES string of the molecule is CN1CCN(CC2CC2)C(=O)c2cccc(NCC(=O)OCc3ccccc3)c21. The molecule has 2 aromatic carbocycles. The first-order valence-corrected chi connectivity index (χ1v) is 10.2. The fraction of sp³-hybridized carbons (Fsp3) is 0.391. The number of rotatable bonds is 7. The molecule has 0 unspecified atom stereocenters. The van der Waals surface area contributed by atoms with Crippen molar-refractivity contribution in [2.75, 3.05) is 43.4 Å². The molecule has 4 rings (SSSR count). The number of fused-ring (bicyclic) bond motifs is 1. The maximum Gasteiger partial charge on any atom is 0.325 e. The summed E-state index contributed by atoms with van der Waals surface area (Å²) in [6.45, 7) is 2.64. The van der Waals surface area contributed by atoms with E-state index in [0.29, 0.717) is 11.5 Å². The zero-order valence-electron chi connectivity index (χ0n) is 16.8. The van der Waals surface area contributed by atoms with Gasteiger partial charge in [-0.2, -0.15) is 0 Å². The predicted molar refractivity (Wildman–Crippen MR) is 113 cm³/mol. The van der Waals surface area contributed by atoms with E-state index in [1.807, 2.05) is 60.5 Å². The van der Waals surface area contributed by atoms with Gasteiger partial charge in [-0.25, -0.2) is 0 Å². The van der Waals surface area contributed by atoms with E-state index in [0.717, 1.165) is 36.6 Å². The van der Waals surface area contributed by atoms with Crippen LogP contribution in [-0.4, -0.2) is 50.0 Å². The molecule has 1 N–H and O–H groups in total. The number of hydrogen-bond donors (Lipinski definition) is 1. The molecule has 2 aromatic rings. The molecule has 0 spiro atoms. The van der Waals surface area contributed by atoms with Gasteiger partial charge in [0, 0.05) is 26.7 Å². The van der Waals surface area contributed by atoms with Gasteiger partial charge in [0.05, 0.1) is 16.9 Å². The fourth-order valence-corrected chi connectivity index (χ4v) is 3.67. The van der Waals surface area contributed by atoms with Crippen LogP contribution in [-0.2, 0) is 16.1 Å². The third kappa shape index (κ3) is 4.70. The molecule has 6 nitrogen and oxygen atoms in total. The Morgan fingerprint density at radius 1 is 1.10 bits per heavy atom. The fourth-order valence-electron chi connectivity index (χ4n) is 3.67. The lowest BCUT2D eigenvalue weighted by Crippen LogP contribution is -2.35. The minimum absolute atomic E-state index is 0.0527. The minimum Gasteiger partial charge on any atom is -0.460 e. The molecule has 1 fully saturated rings. The normalized spacial score (nSPS) is 16.2. The Kier molecular flexibility index (Phi) is 5.69. The second-order valence-electron chi connectivity index (χ2n) is 7.82. The Bertz CT molecular complexity index is 880. The summed E-state index contributed by atoms with van der Waals surface area (Å²) in [6, 6.07) is 15.2. The Morgan fingerprint density at radius 3 is 2.66 bits per heavy atom. The van der Waals surface area contributed by atoms with Gasteiger partial charge in [-0.3, -0.25) is 9.59 Å². The Labute approximate surface area is 171 Å². The summed E-state index contributed by atoms with van der Waals surface area (Å²) in [4.78, 5) is 29.3. The van der Waals surface area contributed by atoms with Crippen LogP contribution >= 0.6 is 0 Å². The van der Waals surface area contributed by atoms with Crippen molar-refractivity contribution in [3.05, 3.63) is 59.7 Å². The number of nitrogens with zero attached hydrogens (tertiary/aromatic N) is 2. The van der Waals surface area contributed by atoms with Gasteiger partial charge in [0.25, 0.3) is 5.91 Å². The molecule has 1 heterocycles. The molecule has 1 saturated carbocycles. The Balaban J connectivity index is 1.42. The van der Waals surface area contributed by atoms with Crippen LogP contribution in [0.25, 0.3) is 0 Å². The van der Waals surface area contributed by atoms with Gasteiger partial charge < -0.3 is 19.9 Å². The number of hydrogen-bond acceptors (Lipinski definition) is 5. The molecule has 2 aliphatic rings.